The Balaban J connectivity index is 2.64. The summed E-state index contributed by atoms with van der Waals surface area (Å²) < 4.78 is 6.02. The monoisotopic (exact) mass is 228 g/mol. The van der Waals surface area contributed by atoms with Gasteiger partial charge in [-0.1, -0.05) is 41.0 Å². The molecule has 0 heterocycles. The molecule has 1 atom stereocenters. The molecule has 0 aliphatic heterocycles. The van der Waals surface area contributed by atoms with Crippen LogP contribution in [-0.4, -0.2) is 23.9 Å². The van der Waals surface area contributed by atoms with Crippen molar-refractivity contribution in [3.63, 3.8) is 0 Å². The summed E-state index contributed by atoms with van der Waals surface area (Å²) in [5, 5.41) is 9.60. The summed E-state index contributed by atoms with van der Waals surface area (Å²) in [6.07, 6.45) is 4.46. The molecule has 0 amide bonds. The maximum atomic E-state index is 9.60. The van der Waals surface area contributed by atoms with E-state index in [1.54, 1.807) is 0 Å². The van der Waals surface area contributed by atoms with Crippen molar-refractivity contribution in [1.29, 1.82) is 0 Å². The zero-order chi connectivity index (χ0) is 12.4. The standard InChI is InChI=1S/C14H28O2/c1-6-11(15)10-16-12-13(2,3)8-7-9-14(12,4)5/h11-12,15H,6-10H2,1-5H3. The van der Waals surface area contributed by atoms with Crippen LogP contribution in [0.4, 0.5) is 0 Å². The minimum absolute atomic E-state index is 0.231. The van der Waals surface area contributed by atoms with Gasteiger partial charge in [0.2, 0.25) is 0 Å². The zero-order valence-electron chi connectivity index (χ0n) is 11.5. The van der Waals surface area contributed by atoms with Crippen LogP contribution in [0.25, 0.3) is 0 Å². The fraction of sp³-hybridized carbons (Fsp3) is 1.00. The molecule has 0 aromatic carbocycles. The van der Waals surface area contributed by atoms with E-state index in [9.17, 15) is 5.11 Å². The molecule has 0 aromatic heterocycles. The maximum Gasteiger partial charge on any atom is 0.0771 e. The molecule has 1 N–H and O–H groups in total. The van der Waals surface area contributed by atoms with Gasteiger partial charge in [-0.2, -0.15) is 0 Å². The van der Waals surface area contributed by atoms with Crippen LogP contribution in [0.5, 0.6) is 0 Å². The molecule has 0 bridgehead atoms. The third-order valence-corrected chi connectivity index (χ3v) is 3.99. The molecule has 0 aromatic rings. The third kappa shape index (κ3) is 3.21. The van der Waals surface area contributed by atoms with Crippen LogP contribution in [0.15, 0.2) is 0 Å². The molecular formula is C14H28O2. The SMILES string of the molecule is CCC(O)COC1C(C)(C)CCCC1(C)C. The Morgan fingerprint density at radius 3 is 2.12 bits per heavy atom. The molecule has 2 nitrogen and oxygen atoms in total. The Bertz CT molecular complexity index is 205. The Labute approximate surface area is 100 Å². The molecule has 2 heteroatoms. The van der Waals surface area contributed by atoms with Gasteiger partial charge in [-0.3, -0.25) is 0 Å². The number of hydrogen-bond acceptors (Lipinski definition) is 2. The van der Waals surface area contributed by atoms with Crippen LogP contribution in [0, 0.1) is 10.8 Å². The lowest BCUT2D eigenvalue weighted by atomic mass is 9.63. The third-order valence-electron chi connectivity index (χ3n) is 3.99. The highest BCUT2D eigenvalue weighted by molar-refractivity contribution is 4.94. The highest BCUT2D eigenvalue weighted by Gasteiger charge is 2.44. The number of aliphatic hydroxyl groups is 1. The van der Waals surface area contributed by atoms with E-state index in [1.807, 2.05) is 6.92 Å². The van der Waals surface area contributed by atoms with Gasteiger partial charge < -0.3 is 9.84 Å². The normalized spacial score (nSPS) is 26.6. The maximum absolute atomic E-state index is 9.60. The van der Waals surface area contributed by atoms with E-state index < -0.39 is 0 Å². The Hall–Kier alpha value is -0.0800. The molecule has 1 rings (SSSR count). The summed E-state index contributed by atoms with van der Waals surface area (Å²) in [6, 6.07) is 0. The van der Waals surface area contributed by atoms with Crippen molar-refractivity contribution < 1.29 is 9.84 Å². The van der Waals surface area contributed by atoms with Gasteiger partial charge in [-0.05, 0) is 30.1 Å². The van der Waals surface area contributed by atoms with Gasteiger partial charge in [0.05, 0.1) is 18.8 Å². The lowest BCUT2D eigenvalue weighted by Crippen LogP contribution is -2.47. The van der Waals surface area contributed by atoms with E-state index in [2.05, 4.69) is 27.7 Å². The second-order valence-electron chi connectivity index (χ2n) is 6.61. The average molecular weight is 228 g/mol. The van der Waals surface area contributed by atoms with Crippen molar-refractivity contribution in [2.75, 3.05) is 6.61 Å². The molecule has 1 aliphatic rings. The Morgan fingerprint density at radius 1 is 1.19 bits per heavy atom. The first-order valence-corrected chi connectivity index (χ1v) is 6.59. The van der Waals surface area contributed by atoms with Crippen molar-refractivity contribution in [3.8, 4) is 0 Å². The lowest BCUT2D eigenvalue weighted by molar-refractivity contribution is -0.137. The molecule has 0 saturated heterocycles. The van der Waals surface area contributed by atoms with Gasteiger partial charge in [0, 0.05) is 0 Å². The summed E-state index contributed by atoms with van der Waals surface area (Å²) in [5.74, 6) is 0. The van der Waals surface area contributed by atoms with Crippen LogP contribution in [0.1, 0.15) is 60.3 Å². The predicted molar refractivity (Wildman–Crippen MR) is 67.5 cm³/mol. The highest BCUT2D eigenvalue weighted by atomic mass is 16.5. The predicted octanol–water partition coefficient (Wildman–Crippen LogP) is 3.38. The van der Waals surface area contributed by atoms with Gasteiger partial charge in [0.15, 0.2) is 0 Å². The molecule has 1 fully saturated rings. The average Bonchev–Trinajstić information content (AvgIpc) is 2.14. The second-order valence-corrected chi connectivity index (χ2v) is 6.61. The fourth-order valence-corrected chi connectivity index (χ4v) is 3.10. The van der Waals surface area contributed by atoms with E-state index in [0.717, 1.165) is 6.42 Å². The number of rotatable bonds is 4. The van der Waals surface area contributed by atoms with E-state index >= 15 is 0 Å². The minimum atomic E-state index is -0.312. The Morgan fingerprint density at radius 2 is 1.69 bits per heavy atom. The zero-order valence-corrected chi connectivity index (χ0v) is 11.5. The van der Waals surface area contributed by atoms with E-state index in [1.165, 1.54) is 19.3 Å². The van der Waals surface area contributed by atoms with E-state index in [4.69, 9.17) is 4.74 Å². The molecule has 0 radical (unpaired) electrons. The van der Waals surface area contributed by atoms with Gasteiger partial charge in [-0.25, -0.2) is 0 Å². The first kappa shape index (κ1) is 14.0. The second kappa shape index (κ2) is 5.05. The fourth-order valence-electron chi connectivity index (χ4n) is 3.10. The lowest BCUT2D eigenvalue weighted by Gasteiger charge is -2.49. The number of aliphatic hydroxyl groups excluding tert-OH is 1. The Kier molecular flexibility index (Phi) is 4.42. The summed E-state index contributed by atoms with van der Waals surface area (Å²) in [7, 11) is 0. The summed E-state index contributed by atoms with van der Waals surface area (Å²) >= 11 is 0. The van der Waals surface area contributed by atoms with Crippen molar-refractivity contribution in [2.45, 2.75) is 72.5 Å². The molecule has 96 valence electrons. The van der Waals surface area contributed by atoms with Crippen LogP contribution >= 0.6 is 0 Å². The quantitative estimate of drug-likeness (QED) is 0.799. The molecular weight excluding hydrogens is 200 g/mol. The first-order valence-electron chi connectivity index (χ1n) is 6.59. The van der Waals surface area contributed by atoms with Gasteiger partial charge in [-0.15, -0.1) is 0 Å². The largest absolute Gasteiger partial charge is 0.391 e. The van der Waals surface area contributed by atoms with Gasteiger partial charge in [0.1, 0.15) is 0 Å². The van der Waals surface area contributed by atoms with Crippen molar-refractivity contribution >= 4 is 0 Å². The molecule has 1 saturated carbocycles. The number of ether oxygens (including phenoxy) is 1. The van der Waals surface area contributed by atoms with Crippen LogP contribution in [0.2, 0.25) is 0 Å². The van der Waals surface area contributed by atoms with Gasteiger partial charge >= 0.3 is 0 Å². The molecule has 0 spiro atoms. The summed E-state index contributed by atoms with van der Waals surface area (Å²) in [6.45, 7) is 11.6. The van der Waals surface area contributed by atoms with E-state index in [-0.39, 0.29) is 23.0 Å². The summed E-state index contributed by atoms with van der Waals surface area (Å²) in [4.78, 5) is 0. The molecule has 16 heavy (non-hydrogen) atoms. The van der Waals surface area contributed by atoms with Crippen LogP contribution < -0.4 is 0 Å². The highest BCUT2D eigenvalue weighted by Crippen LogP contribution is 2.47. The van der Waals surface area contributed by atoms with Crippen LogP contribution in [-0.2, 0) is 4.74 Å². The van der Waals surface area contributed by atoms with Crippen LogP contribution in [0.3, 0.4) is 0 Å². The first-order chi connectivity index (χ1) is 7.29. The molecule has 1 unspecified atom stereocenters. The topological polar surface area (TPSA) is 29.5 Å². The van der Waals surface area contributed by atoms with Crippen molar-refractivity contribution in [1.82, 2.24) is 0 Å². The van der Waals surface area contributed by atoms with Gasteiger partial charge in [0.25, 0.3) is 0 Å². The number of hydrogen-bond donors (Lipinski definition) is 1. The van der Waals surface area contributed by atoms with E-state index in [0.29, 0.717) is 6.61 Å². The van der Waals surface area contributed by atoms with Crippen molar-refractivity contribution in [2.24, 2.45) is 10.8 Å². The van der Waals surface area contributed by atoms with Crippen molar-refractivity contribution in [3.05, 3.63) is 0 Å². The molecule has 1 aliphatic carbocycles. The summed E-state index contributed by atoms with van der Waals surface area (Å²) in [5.41, 5.74) is 0.463. The smallest absolute Gasteiger partial charge is 0.0771 e. The minimum Gasteiger partial charge on any atom is -0.391 e.